The fourth-order valence-corrected chi connectivity index (χ4v) is 2.88. The van der Waals surface area contributed by atoms with Crippen LogP contribution in [0.25, 0.3) is 0 Å². The molecular formula is C18H25NO3. The van der Waals surface area contributed by atoms with Crippen LogP contribution in [0, 0.1) is 11.8 Å². The van der Waals surface area contributed by atoms with Crippen molar-refractivity contribution in [2.24, 2.45) is 11.8 Å². The summed E-state index contributed by atoms with van der Waals surface area (Å²) in [5.41, 5.74) is 1.11. The van der Waals surface area contributed by atoms with Gasteiger partial charge in [-0.15, -0.1) is 0 Å². The fourth-order valence-electron chi connectivity index (χ4n) is 2.88. The van der Waals surface area contributed by atoms with E-state index < -0.39 is 6.09 Å². The van der Waals surface area contributed by atoms with E-state index in [-0.39, 0.29) is 24.5 Å². The van der Waals surface area contributed by atoms with Gasteiger partial charge in [-0.25, -0.2) is 9.69 Å². The zero-order valence-corrected chi connectivity index (χ0v) is 13.6. The van der Waals surface area contributed by atoms with Gasteiger partial charge in [0.2, 0.25) is 5.91 Å². The molecule has 120 valence electrons. The van der Waals surface area contributed by atoms with E-state index in [1.165, 1.54) is 4.90 Å². The van der Waals surface area contributed by atoms with Gasteiger partial charge in [-0.3, -0.25) is 4.79 Å². The number of hydrogen-bond acceptors (Lipinski definition) is 3. The first-order chi connectivity index (χ1) is 10.5. The van der Waals surface area contributed by atoms with Crippen molar-refractivity contribution in [3.05, 3.63) is 35.9 Å². The van der Waals surface area contributed by atoms with Gasteiger partial charge in [0.1, 0.15) is 6.61 Å². The smallest absolute Gasteiger partial charge is 0.416 e. The number of nitrogens with zero attached hydrogens (tertiary/aromatic N) is 1. The summed E-state index contributed by atoms with van der Waals surface area (Å²) in [6, 6.07) is 9.70. The number of amides is 2. The van der Waals surface area contributed by atoms with E-state index in [2.05, 4.69) is 13.8 Å². The Kier molecular flexibility index (Phi) is 5.58. The number of benzene rings is 1. The average molecular weight is 303 g/mol. The van der Waals surface area contributed by atoms with Crippen molar-refractivity contribution in [1.29, 1.82) is 0 Å². The molecule has 0 bridgehead atoms. The molecule has 0 radical (unpaired) electrons. The Morgan fingerprint density at radius 2 is 2.00 bits per heavy atom. The third-order valence-corrected chi connectivity index (χ3v) is 4.39. The molecule has 1 saturated heterocycles. The standard InChI is InChI=1S/C18H25NO3/c1-4-13(2)10-14(3)17(20)19-16(12-22-18(19)21)11-15-8-6-5-7-9-15/h5-9,13-14,16H,4,10-12H2,1-3H3/t13-,14-,16+/m0/s1. The first kappa shape index (κ1) is 16.5. The Labute approximate surface area is 132 Å². The Hall–Kier alpha value is -1.84. The quantitative estimate of drug-likeness (QED) is 0.806. The number of hydrogen-bond donors (Lipinski definition) is 0. The molecule has 0 N–H and O–H groups in total. The van der Waals surface area contributed by atoms with E-state index in [1.807, 2.05) is 37.3 Å². The van der Waals surface area contributed by atoms with Gasteiger partial charge in [0.15, 0.2) is 0 Å². The van der Waals surface area contributed by atoms with E-state index in [9.17, 15) is 9.59 Å². The van der Waals surface area contributed by atoms with Gasteiger partial charge in [-0.2, -0.15) is 0 Å². The minimum atomic E-state index is -0.498. The van der Waals surface area contributed by atoms with E-state index in [1.54, 1.807) is 0 Å². The molecule has 0 saturated carbocycles. The van der Waals surface area contributed by atoms with Crippen LogP contribution >= 0.6 is 0 Å². The van der Waals surface area contributed by atoms with Crippen molar-refractivity contribution in [2.75, 3.05) is 6.61 Å². The summed E-state index contributed by atoms with van der Waals surface area (Å²) in [5.74, 6) is 0.216. The van der Waals surface area contributed by atoms with Gasteiger partial charge < -0.3 is 4.74 Å². The van der Waals surface area contributed by atoms with Crippen molar-refractivity contribution < 1.29 is 14.3 Å². The number of carbonyl (C=O) groups is 2. The monoisotopic (exact) mass is 303 g/mol. The average Bonchev–Trinajstić information content (AvgIpc) is 2.88. The van der Waals surface area contributed by atoms with E-state index >= 15 is 0 Å². The number of imide groups is 1. The molecule has 1 aromatic rings. The van der Waals surface area contributed by atoms with Gasteiger partial charge in [-0.1, -0.05) is 57.5 Å². The molecule has 4 nitrogen and oxygen atoms in total. The Morgan fingerprint density at radius 1 is 1.32 bits per heavy atom. The Morgan fingerprint density at radius 3 is 2.64 bits per heavy atom. The lowest BCUT2D eigenvalue weighted by molar-refractivity contribution is -0.133. The van der Waals surface area contributed by atoms with Crippen LogP contribution in [-0.2, 0) is 16.0 Å². The lowest BCUT2D eigenvalue weighted by Crippen LogP contribution is -2.43. The van der Waals surface area contributed by atoms with Crippen LogP contribution in [0.5, 0.6) is 0 Å². The molecule has 1 aliphatic heterocycles. The zero-order chi connectivity index (χ0) is 16.1. The maximum Gasteiger partial charge on any atom is 0.416 e. The summed E-state index contributed by atoms with van der Waals surface area (Å²) >= 11 is 0. The predicted molar refractivity (Wildman–Crippen MR) is 85.4 cm³/mol. The van der Waals surface area contributed by atoms with Crippen LogP contribution in [0.3, 0.4) is 0 Å². The SMILES string of the molecule is CC[C@H](C)C[C@H](C)C(=O)N1C(=O)OC[C@H]1Cc1ccccc1. The first-order valence-electron chi connectivity index (χ1n) is 8.06. The summed E-state index contributed by atoms with van der Waals surface area (Å²) in [7, 11) is 0. The van der Waals surface area contributed by atoms with Crippen molar-refractivity contribution in [3.8, 4) is 0 Å². The molecule has 22 heavy (non-hydrogen) atoms. The normalized spacial score (nSPS) is 20.6. The number of cyclic esters (lactones) is 1. The predicted octanol–water partition coefficient (Wildman–Crippen LogP) is 3.65. The molecule has 1 aliphatic rings. The molecule has 3 atom stereocenters. The van der Waals surface area contributed by atoms with Gasteiger partial charge in [0.25, 0.3) is 0 Å². The van der Waals surface area contributed by atoms with E-state index in [4.69, 9.17) is 4.74 Å². The highest BCUT2D eigenvalue weighted by molar-refractivity contribution is 5.94. The summed E-state index contributed by atoms with van der Waals surface area (Å²) in [6.07, 6.45) is 1.99. The molecular weight excluding hydrogens is 278 g/mol. The van der Waals surface area contributed by atoms with Crippen LogP contribution in [0.4, 0.5) is 4.79 Å². The van der Waals surface area contributed by atoms with Crippen molar-refractivity contribution in [2.45, 2.75) is 46.1 Å². The minimum absolute atomic E-state index is 0.108. The Balaban J connectivity index is 2.05. The highest BCUT2D eigenvalue weighted by atomic mass is 16.6. The van der Waals surface area contributed by atoms with Crippen LogP contribution in [0.1, 0.15) is 39.2 Å². The molecule has 4 heteroatoms. The molecule has 0 aromatic heterocycles. The second-order valence-electron chi connectivity index (χ2n) is 6.28. The largest absolute Gasteiger partial charge is 0.447 e. The lowest BCUT2D eigenvalue weighted by Gasteiger charge is -2.24. The van der Waals surface area contributed by atoms with E-state index in [0.29, 0.717) is 12.3 Å². The number of ether oxygens (including phenoxy) is 1. The van der Waals surface area contributed by atoms with Crippen LogP contribution in [0.15, 0.2) is 30.3 Å². The lowest BCUT2D eigenvalue weighted by atomic mass is 9.94. The summed E-state index contributed by atoms with van der Waals surface area (Å²) < 4.78 is 5.12. The molecule has 0 spiro atoms. The Bertz CT molecular complexity index is 514. The molecule has 1 heterocycles. The molecule has 0 unspecified atom stereocenters. The second kappa shape index (κ2) is 7.43. The van der Waals surface area contributed by atoms with Gasteiger partial charge >= 0.3 is 6.09 Å². The van der Waals surface area contributed by atoms with Gasteiger partial charge in [0, 0.05) is 5.92 Å². The first-order valence-corrected chi connectivity index (χ1v) is 8.06. The molecule has 2 amide bonds. The van der Waals surface area contributed by atoms with Gasteiger partial charge in [0.05, 0.1) is 6.04 Å². The maximum absolute atomic E-state index is 12.6. The topological polar surface area (TPSA) is 46.6 Å². The van der Waals surface area contributed by atoms with Crippen LogP contribution < -0.4 is 0 Å². The summed E-state index contributed by atoms with van der Waals surface area (Å²) in [4.78, 5) is 25.9. The fraction of sp³-hybridized carbons (Fsp3) is 0.556. The maximum atomic E-state index is 12.6. The van der Waals surface area contributed by atoms with Crippen molar-refractivity contribution in [3.63, 3.8) is 0 Å². The van der Waals surface area contributed by atoms with Crippen molar-refractivity contribution >= 4 is 12.0 Å². The highest BCUT2D eigenvalue weighted by Gasteiger charge is 2.39. The third-order valence-electron chi connectivity index (χ3n) is 4.39. The second-order valence-corrected chi connectivity index (χ2v) is 6.28. The minimum Gasteiger partial charge on any atom is -0.447 e. The molecule has 1 aromatic carbocycles. The third kappa shape index (κ3) is 3.87. The zero-order valence-electron chi connectivity index (χ0n) is 13.6. The summed E-state index contributed by atoms with van der Waals surface area (Å²) in [6.45, 7) is 6.44. The highest BCUT2D eigenvalue weighted by Crippen LogP contribution is 2.23. The van der Waals surface area contributed by atoms with Crippen molar-refractivity contribution in [1.82, 2.24) is 4.90 Å². The van der Waals surface area contributed by atoms with E-state index in [0.717, 1.165) is 18.4 Å². The summed E-state index contributed by atoms with van der Waals surface area (Å²) in [5, 5.41) is 0. The molecule has 0 aliphatic carbocycles. The van der Waals surface area contributed by atoms with Gasteiger partial charge in [-0.05, 0) is 24.3 Å². The number of carbonyl (C=O) groups excluding carboxylic acids is 2. The number of rotatable bonds is 6. The molecule has 1 fully saturated rings. The van der Waals surface area contributed by atoms with Crippen LogP contribution in [0.2, 0.25) is 0 Å². The van der Waals surface area contributed by atoms with Crippen LogP contribution in [-0.4, -0.2) is 29.5 Å². The molecule has 2 rings (SSSR count).